The first-order valence-electron chi connectivity index (χ1n) is 38.9. The number of fused-ring (bicyclic) bond motifs is 3. The molecule has 0 radical (unpaired) electrons. The van der Waals surface area contributed by atoms with E-state index in [0.717, 1.165) is 39.8 Å². The Kier molecular flexibility index (Phi) is 28.7. The van der Waals surface area contributed by atoms with Crippen molar-refractivity contribution >= 4 is 144 Å². The molecule has 0 saturated heterocycles. The SMILES string of the molecule is CCNC(=O)N1C/C(=C\c2ccc(OC)cc2)c2c(c(C(=O)NC(C)c3ccccn3)nn2-c2ccc(Cl)cc2Cl)C1.COC(=O)N1C/C(=C\c2ccc(OC)cc2)c2c(c(C(=O)NC(C)c3ccccn3)nn2-c2ccc(Cl)cc2Cl)C1.COc1ccc(/C=C2\CN(S(C)(=O)=O)Cc3c(C(=O)NC(C)c4ccccn4)nn(-c4ccc(Cl)cc4Cl)c32)cc1. The zero-order chi connectivity index (χ0) is 88.2. The number of urea groups is 1. The minimum atomic E-state index is -3.63. The summed E-state index contributed by atoms with van der Waals surface area (Å²) in [6, 6.07) is 52.6. The lowest BCUT2D eigenvalue weighted by atomic mass is 9.97. The molecule has 0 bridgehead atoms. The Balaban J connectivity index is 0.000000160. The van der Waals surface area contributed by atoms with Crippen LogP contribution in [0.1, 0.15) is 145 Å². The van der Waals surface area contributed by atoms with Gasteiger partial charge in [0.25, 0.3) is 17.7 Å². The fourth-order valence-electron chi connectivity index (χ4n) is 14.2. The van der Waals surface area contributed by atoms with Crippen LogP contribution in [0, 0.1) is 0 Å². The molecule has 3 aliphatic rings. The minimum absolute atomic E-state index is 0.0416. The van der Waals surface area contributed by atoms with E-state index in [2.05, 4.69) is 36.2 Å². The van der Waals surface area contributed by atoms with Gasteiger partial charge in [-0.25, -0.2) is 32.1 Å². The number of hydrogen-bond donors (Lipinski definition) is 4. The average Bonchev–Trinajstić information content (AvgIpc) is 1.60. The molecule has 124 heavy (non-hydrogen) atoms. The lowest BCUT2D eigenvalue weighted by Crippen LogP contribution is -2.42. The van der Waals surface area contributed by atoms with Crippen LogP contribution >= 0.6 is 69.6 Å². The van der Waals surface area contributed by atoms with Gasteiger partial charge in [-0.05, 0) is 207 Å². The third-order valence-electron chi connectivity index (χ3n) is 20.3. The molecule has 3 unspecified atom stereocenters. The van der Waals surface area contributed by atoms with Crippen molar-refractivity contribution < 1.29 is 51.3 Å². The summed E-state index contributed by atoms with van der Waals surface area (Å²) in [5.41, 5.74) is 12.4. The monoisotopic (exact) mass is 1810 g/mol. The Bertz CT molecular complexity index is 6180. The molecule has 0 saturated carbocycles. The quantitative estimate of drug-likeness (QED) is 0.0551. The number of halogens is 6. The van der Waals surface area contributed by atoms with Crippen molar-refractivity contribution in [1.29, 1.82) is 0 Å². The molecule has 4 N–H and O–H groups in total. The molecule has 0 spiro atoms. The number of nitrogens with one attached hydrogen (secondary N) is 4. The molecule has 34 heteroatoms. The summed E-state index contributed by atoms with van der Waals surface area (Å²) in [5, 5.41) is 28.5. The second-order valence-corrected chi connectivity index (χ2v) is 33.3. The highest BCUT2D eigenvalue weighted by Crippen LogP contribution is 2.42. The van der Waals surface area contributed by atoms with Crippen LogP contribution in [0.25, 0.3) is 52.0 Å². The molecule has 6 aromatic carbocycles. The number of nitrogens with zero attached hydrogens (tertiary/aromatic N) is 12. The fourth-order valence-corrected chi connectivity index (χ4v) is 16.4. The maximum absolute atomic E-state index is 13.8. The summed E-state index contributed by atoms with van der Waals surface area (Å²) in [7, 11) is 2.49. The Labute approximate surface area is 746 Å². The molecule has 6 aromatic heterocycles. The van der Waals surface area contributed by atoms with Crippen molar-refractivity contribution in [2.75, 3.05) is 60.9 Å². The van der Waals surface area contributed by atoms with Crippen molar-refractivity contribution in [3.8, 4) is 34.3 Å². The first-order valence-corrected chi connectivity index (χ1v) is 43.0. The first-order chi connectivity index (χ1) is 59.6. The second kappa shape index (κ2) is 39.9. The van der Waals surface area contributed by atoms with E-state index in [9.17, 15) is 32.4 Å². The predicted molar refractivity (Wildman–Crippen MR) is 481 cm³/mol. The molecule has 9 heterocycles. The summed E-state index contributed by atoms with van der Waals surface area (Å²) >= 11 is 38.5. The van der Waals surface area contributed by atoms with Gasteiger partial charge in [-0.15, -0.1) is 0 Å². The molecular weight excluding hydrogens is 1730 g/mol. The molecule has 3 aliphatic heterocycles. The normalized spacial score (nSPS) is 14.7. The van der Waals surface area contributed by atoms with Crippen molar-refractivity contribution in [1.82, 2.24) is 79.7 Å². The minimum Gasteiger partial charge on any atom is -0.497 e. The molecule has 6 amide bonds. The van der Waals surface area contributed by atoms with E-state index < -0.39 is 45.9 Å². The third kappa shape index (κ3) is 20.8. The number of sulfonamides is 1. The molecule has 12 aromatic rings. The molecule has 0 fully saturated rings. The van der Waals surface area contributed by atoms with Crippen molar-refractivity contribution in [3.05, 3.63) is 315 Å². The summed E-state index contributed by atoms with van der Waals surface area (Å²) in [6.07, 6.45) is 11.4. The Morgan fingerprint density at radius 1 is 0.427 bits per heavy atom. The van der Waals surface area contributed by atoms with Gasteiger partial charge < -0.3 is 45.1 Å². The lowest BCUT2D eigenvalue weighted by Gasteiger charge is -2.30. The predicted octanol–water partition coefficient (Wildman–Crippen LogP) is 17.7. The van der Waals surface area contributed by atoms with Gasteiger partial charge in [-0.1, -0.05) is 124 Å². The van der Waals surface area contributed by atoms with E-state index in [-0.39, 0.29) is 68.4 Å². The van der Waals surface area contributed by atoms with Crippen molar-refractivity contribution in [2.24, 2.45) is 0 Å². The van der Waals surface area contributed by atoms with Gasteiger partial charge in [-0.2, -0.15) is 19.6 Å². The number of rotatable bonds is 20. The molecular formula is C90H84Cl6N16O11S. The Morgan fingerprint density at radius 3 is 1.05 bits per heavy atom. The van der Waals surface area contributed by atoms with Gasteiger partial charge in [-0.3, -0.25) is 34.2 Å². The van der Waals surface area contributed by atoms with E-state index in [1.54, 1.807) is 120 Å². The van der Waals surface area contributed by atoms with Gasteiger partial charge in [0.2, 0.25) is 10.0 Å². The van der Waals surface area contributed by atoms with E-state index in [1.165, 1.54) is 16.3 Å². The van der Waals surface area contributed by atoms with Crippen LogP contribution in [0.5, 0.6) is 17.2 Å². The Hall–Kier alpha value is -12.4. The second-order valence-electron chi connectivity index (χ2n) is 28.8. The van der Waals surface area contributed by atoms with Crippen LogP contribution < -0.4 is 35.5 Å². The highest BCUT2D eigenvalue weighted by molar-refractivity contribution is 7.88. The van der Waals surface area contributed by atoms with Crippen molar-refractivity contribution in [3.63, 3.8) is 0 Å². The number of carbonyl (C=O) groups excluding carboxylic acids is 5. The maximum Gasteiger partial charge on any atom is 0.410 e. The first kappa shape index (κ1) is 89.4. The third-order valence-corrected chi connectivity index (χ3v) is 23.2. The maximum atomic E-state index is 13.8. The van der Waals surface area contributed by atoms with Crippen LogP contribution in [0.15, 0.2) is 201 Å². The number of hydrogen-bond acceptors (Lipinski definition) is 17. The summed E-state index contributed by atoms with van der Waals surface area (Å²) in [4.78, 5) is 83.3. The van der Waals surface area contributed by atoms with Gasteiger partial charge in [0.15, 0.2) is 17.1 Å². The number of aromatic nitrogens is 9. The van der Waals surface area contributed by atoms with Crippen LogP contribution in [0.2, 0.25) is 30.1 Å². The van der Waals surface area contributed by atoms with Gasteiger partial charge in [0.05, 0.1) is 139 Å². The summed E-state index contributed by atoms with van der Waals surface area (Å²) < 4.78 is 52.7. The van der Waals surface area contributed by atoms with Gasteiger partial charge in [0, 0.05) is 76.5 Å². The van der Waals surface area contributed by atoms with E-state index in [4.69, 9.17) is 104 Å². The number of benzene rings is 6. The number of methoxy groups -OCH3 is 4. The van der Waals surface area contributed by atoms with Gasteiger partial charge in [0.1, 0.15) is 17.2 Å². The zero-order valence-electron chi connectivity index (χ0n) is 68.5. The largest absolute Gasteiger partial charge is 0.497 e. The molecule has 3 atom stereocenters. The smallest absolute Gasteiger partial charge is 0.410 e. The molecule has 638 valence electrons. The number of amides is 6. The number of ether oxygens (including phenoxy) is 4. The summed E-state index contributed by atoms with van der Waals surface area (Å²) in [5.74, 6) is 0.847. The van der Waals surface area contributed by atoms with Crippen LogP contribution in [0.3, 0.4) is 0 Å². The highest BCUT2D eigenvalue weighted by atomic mass is 35.5. The van der Waals surface area contributed by atoms with E-state index >= 15 is 0 Å². The topological polar surface area (TPSA) is 306 Å². The average molecular weight is 1810 g/mol. The van der Waals surface area contributed by atoms with Gasteiger partial charge >= 0.3 is 12.1 Å². The molecule has 27 nitrogen and oxygen atoms in total. The van der Waals surface area contributed by atoms with Crippen LogP contribution in [-0.2, 0) is 34.4 Å². The van der Waals surface area contributed by atoms with Crippen molar-refractivity contribution in [2.45, 2.75) is 65.5 Å². The lowest BCUT2D eigenvalue weighted by molar-refractivity contribution is 0.0922. The number of carbonyl (C=O) groups is 5. The molecule has 0 aliphatic carbocycles. The Morgan fingerprint density at radius 2 is 0.750 bits per heavy atom. The number of pyridine rings is 3. The highest BCUT2D eigenvalue weighted by Gasteiger charge is 2.39. The van der Waals surface area contributed by atoms with Crippen LogP contribution in [-0.4, -0.2) is 158 Å². The zero-order valence-corrected chi connectivity index (χ0v) is 73.9. The fraction of sp³-hybridized carbons (Fsp3) is 0.211. The summed E-state index contributed by atoms with van der Waals surface area (Å²) in [6.45, 7) is 8.65. The van der Waals surface area contributed by atoms with Crippen LogP contribution in [0.4, 0.5) is 9.59 Å². The van der Waals surface area contributed by atoms with E-state index in [0.29, 0.717) is 122 Å². The molecule has 15 rings (SSSR count). The standard InChI is InChI=1S/C31H30Cl2N6O3.C30H27Cl2N5O4.C29H27Cl2N5O4S/c1-4-34-31(41)38-17-21(15-20-8-11-23(42-3)12-9-20)29-24(18-38)28(30(40)36-19(2)26-7-5-6-14-35-26)37-39(29)27-13-10-22(32)16-25(27)33;1-18(25-6-4-5-13-33-25)34-29(38)27-23-17-36(30(39)41-3)16-20(14-19-7-10-22(40-2)11-8-19)28(23)37(35-27)26-12-9-21(31)15-24(26)32;1-18(25-6-4-5-13-32-25)33-29(37)27-23-17-35(41(3,38)39)16-20(14-19-7-10-22(40-2)11-8-19)28(23)36(34-27)26-12-9-21(30)15-24(26)31/h5-16,19H,4,17-18H2,1-3H3,(H,34,41)(H,36,40);4-15,18H,16-17H2,1-3H3,(H,34,38);4-15,18H,16-17H2,1-3H3,(H,33,37)/b21-15+;2*20-14+. The van der Waals surface area contributed by atoms with E-state index in [1.807, 2.05) is 167 Å².